The SMILES string of the molecule is CCNC(=O)C(C)NCC=C(C)C. The lowest BCUT2D eigenvalue weighted by atomic mass is 10.3. The van der Waals surface area contributed by atoms with E-state index in [2.05, 4.69) is 16.7 Å². The van der Waals surface area contributed by atoms with Gasteiger partial charge >= 0.3 is 0 Å². The van der Waals surface area contributed by atoms with Crippen LogP contribution in [0.25, 0.3) is 0 Å². The molecule has 1 amide bonds. The fourth-order valence-electron chi connectivity index (χ4n) is 0.860. The number of hydrogen-bond donors (Lipinski definition) is 2. The summed E-state index contributed by atoms with van der Waals surface area (Å²) in [5, 5.41) is 5.87. The van der Waals surface area contributed by atoms with Crippen molar-refractivity contribution >= 4 is 5.91 Å². The molecule has 1 atom stereocenters. The first-order valence-corrected chi connectivity index (χ1v) is 4.72. The van der Waals surface area contributed by atoms with Crippen molar-refractivity contribution in [2.75, 3.05) is 13.1 Å². The van der Waals surface area contributed by atoms with Crippen LogP contribution < -0.4 is 10.6 Å². The maximum atomic E-state index is 11.2. The molecule has 2 N–H and O–H groups in total. The summed E-state index contributed by atoms with van der Waals surface area (Å²) < 4.78 is 0. The van der Waals surface area contributed by atoms with E-state index < -0.39 is 0 Å². The van der Waals surface area contributed by atoms with E-state index in [0.29, 0.717) is 6.54 Å². The van der Waals surface area contributed by atoms with Crippen molar-refractivity contribution < 1.29 is 4.79 Å². The van der Waals surface area contributed by atoms with Crippen molar-refractivity contribution in [3.05, 3.63) is 11.6 Å². The second-order valence-corrected chi connectivity index (χ2v) is 3.31. The second-order valence-electron chi connectivity index (χ2n) is 3.31. The van der Waals surface area contributed by atoms with Gasteiger partial charge in [0.25, 0.3) is 0 Å². The molecule has 0 bridgehead atoms. The van der Waals surface area contributed by atoms with E-state index in [1.165, 1.54) is 5.57 Å². The van der Waals surface area contributed by atoms with Crippen LogP contribution in [0.15, 0.2) is 11.6 Å². The maximum absolute atomic E-state index is 11.2. The summed E-state index contributed by atoms with van der Waals surface area (Å²) in [6, 6.07) is -0.115. The predicted molar refractivity (Wildman–Crippen MR) is 55.6 cm³/mol. The monoisotopic (exact) mass is 184 g/mol. The first-order chi connectivity index (χ1) is 6.07. The molecule has 0 aromatic rings. The average molecular weight is 184 g/mol. The van der Waals surface area contributed by atoms with Gasteiger partial charge in [0, 0.05) is 13.1 Å². The Labute approximate surface area is 80.6 Å². The van der Waals surface area contributed by atoms with Gasteiger partial charge < -0.3 is 10.6 Å². The van der Waals surface area contributed by atoms with Gasteiger partial charge in [0.15, 0.2) is 0 Å². The number of allylic oxidation sites excluding steroid dienone is 1. The molecule has 0 aliphatic heterocycles. The zero-order valence-electron chi connectivity index (χ0n) is 8.98. The van der Waals surface area contributed by atoms with Gasteiger partial charge in [-0.15, -0.1) is 0 Å². The van der Waals surface area contributed by atoms with Crippen molar-refractivity contribution in [2.45, 2.75) is 33.7 Å². The lowest BCUT2D eigenvalue weighted by Gasteiger charge is -2.11. The molecule has 0 saturated carbocycles. The van der Waals surface area contributed by atoms with E-state index in [4.69, 9.17) is 0 Å². The highest BCUT2D eigenvalue weighted by atomic mass is 16.2. The summed E-state index contributed by atoms with van der Waals surface area (Å²) in [7, 11) is 0. The molecule has 0 spiro atoms. The Morgan fingerprint density at radius 2 is 2.08 bits per heavy atom. The minimum absolute atomic E-state index is 0.0599. The van der Waals surface area contributed by atoms with Gasteiger partial charge in [0.2, 0.25) is 5.91 Å². The first kappa shape index (κ1) is 12.2. The number of nitrogens with one attached hydrogen (secondary N) is 2. The fourth-order valence-corrected chi connectivity index (χ4v) is 0.860. The van der Waals surface area contributed by atoms with Crippen molar-refractivity contribution in [1.29, 1.82) is 0 Å². The second kappa shape index (κ2) is 6.66. The summed E-state index contributed by atoms with van der Waals surface area (Å²) in [6.07, 6.45) is 2.07. The van der Waals surface area contributed by atoms with Gasteiger partial charge in [-0.3, -0.25) is 4.79 Å². The largest absolute Gasteiger partial charge is 0.355 e. The minimum Gasteiger partial charge on any atom is -0.355 e. The highest BCUT2D eigenvalue weighted by Gasteiger charge is 2.08. The van der Waals surface area contributed by atoms with E-state index in [9.17, 15) is 4.79 Å². The number of likely N-dealkylation sites (N-methyl/N-ethyl adjacent to an activating group) is 1. The molecule has 0 rings (SSSR count). The molecule has 3 nitrogen and oxygen atoms in total. The Hall–Kier alpha value is -0.830. The Bertz CT molecular complexity index is 183. The summed E-state index contributed by atoms with van der Waals surface area (Å²) in [4.78, 5) is 11.2. The van der Waals surface area contributed by atoms with E-state index in [0.717, 1.165) is 6.54 Å². The molecular formula is C10H20N2O. The predicted octanol–water partition coefficient (Wildman–Crippen LogP) is 1.07. The Morgan fingerprint density at radius 3 is 2.54 bits per heavy atom. The van der Waals surface area contributed by atoms with Crippen LogP contribution in [-0.2, 0) is 4.79 Å². The van der Waals surface area contributed by atoms with Gasteiger partial charge in [-0.2, -0.15) is 0 Å². The molecule has 0 aromatic heterocycles. The molecule has 0 aliphatic rings. The quantitative estimate of drug-likeness (QED) is 0.627. The van der Waals surface area contributed by atoms with Gasteiger partial charge in [-0.1, -0.05) is 11.6 Å². The van der Waals surface area contributed by atoms with Crippen LogP contribution in [0.5, 0.6) is 0 Å². The molecule has 1 unspecified atom stereocenters. The molecule has 13 heavy (non-hydrogen) atoms. The van der Waals surface area contributed by atoms with Gasteiger partial charge in [-0.05, 0) is 27.7 Å². The highest BCUT2D eigenvalue weighted by molar-refractivity contribution is 5.81. The van der Waals surface area contributed by atoms with Crippen LogP contribution >= 0.6 is 0 Å². The molecule has 0 radical (unpaired) electrons. The molecule has 0 aliphatic carbocycles. The number of carbonyl (C=O) groups excluding carboxylic acids is 1. The number of rotatable bonds is 5. The third-order valence-corrected chi connectivity index (χ3v) is 1.68. The van der Waals surface area contributed by atoms with Crippen LogP contribution in [0.3, 0.4) is 0 Å². The molecule has 0 heterocycles. The van der Waals surface area contributed by atoms with Crippen molar-refractivity contribution in [3.8, 4) is 0 Å². The number of carbonyl (C=O) groups is 1. The van der Waals surface area contributed by atoms with Crippen molar-refractivity contribution in [3.63, 3.8) is 0 Å². The zero-order valence-corrected chi connectivity index (χ0v) is 8.98. The van der Waals surface area contributed by atoms with E-state index >= 15 is 0 Å². The molecule has 0 saturated heterocycles. The third-order valence-electron chi connectivity index (χ3n) is 1.68. The fraction of sp³-hybridized carbons (Fsp3) is 0.700. The Morgan fingerprint density at radius 1 is 1.46 bits per heavy atom. The van der Waals surface area contributed by atoms with Crippen LogP contribution in [-0.4, -0.2) is 25.0 Å². The van der Waals surface area contributed by atoms with Gasteiger partial charge in [0.05, 0.1) is 6.04 Å². The minimum atomic E-state index is -0.115. The van der Waals surface area contributed by atoms with Gasteiger partial charge in [0.1, 0.15) is 0 Å². The van der Waals surface area contributed by atoms with Crippen molar-refractivity contribution in [2.24, 2.45) is 0 Å². The Balaban J connectivity index is 3.67. The standard InChI is InChI=1S/C10H20N2O/c1-5-11-10(13)9(4)12-7-6-8(2)3/h6,9,12H,5,7H2,1-4H3,(H,11,13). The lowest BCUT2D eigenvalue weighted by molar-refractivity contribution is -0.122. The van der Waals surface area contributed by atoms with Crippen LogP contribution in [0.2, 0.25) is 0 Å². The van der Waals surface area contributed by atoms with Crippen LogP contribution in [0.4, 0.5) is 0 Å². The van der Waals surface area contributed by atoms with E-state index in [1.54, 1.807) is 0 Å². The normalized spacial score (nSPS) is 12.0. The summed E-state index contributed by atoms with van der Waals surface area (Å²) in [6.45, 7) is 9.30. The van der Waals surface area contributed by atoms with Crippen molar-refractivity contribution in [1.82, 2.24) is 10.6 Å². The third kappa shape index (κ3) is 6.34. The first-order valence-electron chi connectivity index (χ1n) is 4.72. The smallest absolute Gasteiger partial charge is 0.236 e. The molecule has 0 fully saturated rings. The van der Waals surface area contributed by atoms with E-state index in [1.807, 2.05) is 27.7 Å². The maximum Gasteiger partial charge on any atom is 0.236 e. The van der Waals surface area contributed by atoms with E-state index in [-0.39, 0.29) is 11.9 Å². The zero-order chi connectivity index (χ0) is 10.3. The van der Waals surface area contributed by atoms with Crippen LogP contribution in [0, 0.1) is 0 Å². The molecule has 0 aromatic carbocycles. The number of hydrogen-bond acceptors (Lipinski definition) is 2. The highest BCUT2D eigenvalue weighted by Crippen LogP contribution is 1.87. The molecule has 76 valence electrons. The summed E-state index contributed by atoms with van der Waals surface area (Å²) in [5.74, 6) is 0.0599. The summed E-state index contributed by atoms with van der Waals surface area (Å²) >= 11 is 0. The Kier molecular flexibility index (Phi) is 6.24. The summed E-state index contributed by atoms with van der Waals surface area (Å²) in [5.41, 5.74) is 1.26. The lowest BCUT2D eigenvalue weighted by Crippen LogP contribution is -2.42. The topological polar surface area (TPSA) is 41.1 Å². The van der Waals surface area contributed by atoms with Crippen LogP contribution in [0.1, 0.15) is 27.7 Å². The van der Waals surface area contributed by atoms with Gasteiger partial charge in [-0.25, -0.2) is 0 Å². The molecular weight excluding hydrogens is 164 g/mol. The number of amides is 1. The average Bonchev–Trinajstić information content (AvgIpc) is 2.04. The molecule has 3 heteroatoms.